The SMILES string of the molecule is C[C@H](O)[C@@H]1N[C@@]2(C(=O)Nc3ccc(Br)cc32)[C@H]2C(=O)N(C[C@@H]3CCCO3)C(=O)[C@@H]12. The van der Waals surface area contributed by atoms with Crippen LogP contribution >= 0.6 is 15.9 Å². The average Bonchev–Trinajstić information content (AvgIpc) is 3.41. The van der Waals surface area contributed by atoms with E-state index >= 15 is 0 Å². The fourth-order valence-electron chi connectivity index (χ4n) is 5.35. The molecule has 0 radical (unpaired) electrons. The molecule has 1 aromatic carbocycles. The van der Waals surface area contributed by atoms with Gasteiger partial charge in [0.05, 0.1) is 30.6 Å². The highest BCUT2D eigenvalue weighted by atomic mass is 79.9. The van der Waals surface area contributed by atoms with Gasteiger partial charge in [0.15, 0.2) is 0 Å². The van der Waals surface area contributed by atoms with Gasteiger partial charge in [0.25, 0.3) is 0 Å². The molecule has 9 heteroatoms. The predicted molar refractivity (Wildman–Crippen MR) is 106 cm³/mol. The van der Waals surface area contributed by atoms with E-state index in [0.717, 1.165) is 17.3 Å². The Labute approximate surface area is 176 Å². The number of hydrogen-bond acceptors (Lipinski definition) is 6. The van der Waals surface area contributed by atoms with Crippen LogP contribution in [0.15, 0.2) is 22.7 Å². The Morgan fingerprint density at radius 1 is 1.34 bits per heavy atom. The molecule has 4 aliphatic heterocycles. The molecule has 0 saturated carbocycles. The number of likely N-dealkylation sites (tertiary alicyclic amines) is 1. The molecular weight excluding hydrogens is 442 g/mol. The highest BCUT2D eigenvalue weighted by molar-refractivity contribution is 9.10. The van der Waals surface area contributed by atoms with Gasteiger partial charge in [-0.3, -0.25) is 24.6 Å². The summed E-state index contributed by atoms with van der Waals surface area (Å²) in [6.07, 6.45) is 0.616. The maximum Gasteiger partial charge on any atom is 0.250 e. The lowest BCUT2D eigenvalue weighted by atomic mass is 9.76. The minimum absolute atomic E-state index is 0.172. The summed E-state index contributed by atoms with van der Waals surface area (Å²) >= 11 is 3.43. The Kier molecular flexibility index (Phi) is 4.36. The lowest BCUT2D eigenvalue weighted by Crippen LogP contribution is -2.55. The quantitative estimate of drug-likeness (QED) is 0.570. The van der Waals surface area contributed by atoms with Crippen LogP contribution in [0.3, 0.4) is 0 Å². The summed E-state index contributed by atoms with van der Waals surface area (Å²) in [6.45, 7) is 2.39. The van der Waals surface area contributed by atoms with Crippen LogP contribution in [0.5, 0.6) is 0 Å². The van der Waals surface area contributed by atoms with Crippen molar-refractivity contribution in [2.45, 2.75) is 43.6 Å². The zero-order valence-corrected chi connectivity index (χ0v) is 17.4. The second-order valence-electron chi connectivity index (χ2n) is 8.29. The molecule has 0 bridgehead atoms. The number of fused-ring (bicyclic) bond motifs is 4. The van der Waals surface area contributed by atoms with Gasteiger partial charge in [-0.25, -0.2) is 0 Å². The van der Waals surface area contributed by atoms with Crippen molar-refractivity contribution in [1.82, 2.24) is 10.2 Å². The molecule has 3 amide bonds. The van der Waals surface area contributed by atoms with Gasteiger partial charge in [0.2, 0.25) is 17.7 Å². The van der Waals surface area contributed by atoms with Crippen LogP contribution in [-0.4, -0.2) is 59.1 Å². The van der Waals surface area contributed by atoms with Crippen LogP contribution < -0.4 is 10.6 Å². The number of benzene rings is 1. The topological polar surface area (TPSA) is 108 Å². The Bertz CT molecular complexity index is 915. The molecule has 3 fully saturated rings. The van der Waals surface area contributed by atoms with E-state index in [1.54, 1.807) is 19.1 Å². The number of anilines is 1. The van der Waals surface area contributed by atoms with Gasteiger partial charge < -0.3 is 15.2 Å². The highest BCUT2D eigenvalue weighted by Crippen LogP contribution is 2.53. The van der Waals surface area contributed by atoms with Crippen molar-refractivity contribution in [3.63, 3.8) is 0 Å². The number of imide groups is 1. The van der Waals surface area contributed by atoms with E-state index in [4.69, 9.17) is 4.74 Å². The maximum absolute atomic E-state index is 13.5. The van der Waals surface area contributed by atoms with Gasteiger partial charge in [-0.1, -0.05) is 15.9 Å². The molecular formula is C20H22BrN3O5. The number of aliphatic hydroxyl groups excluding tert-OH is 1. The van der Waals surface area contributed by atoms with E-state index < -0.39 is 29.5 Å². The zero-order chi connectivity index (χ0) is 20.5. The number of rotatable bonds is 3. The Balaban J connectivity index is 1.61. The second-order valence-corrected chi connectivity index (χ2v) is 9.20. The largest absolute Gasteiger partial charge is 0.392 e. The summed E-state index contributed by atoms with van der Waals surface area (Å²) in [7, 11) is 0. The first-order chi connectivity index (χ1) is 13.8. The Morgan fingerprint density at radius 2 is 2.14 bits per heavy atom. The van der Waals surface area contributed by atoms with Crippen molar-refractivity contribution in [3.8, 4) is 0 Å². The molecule has 1 aromatic rings. The lowest BCUT2D eigenvalue weighted by Gasteiger charge is -2.30. The van der Waals surface area contributed by atoms with E-state index in [1.165, 1.54) is 4.90 Å². The molecule has 8 nitrogen and oxygen atoms in total. The maximum atomic E-state index is 13.5. The first kappa shape index (κ1) is 19.2. The smallest absolute Gasteiger partial charge is 0.250 e. The predicted octanol–water partition coefficient (Wildman–Crippen LogP) is 0.729. The molecule has 154 valence electrons. The fourth-order valence-corrected chi connectivity index (χ4v) is 5.71. The number of carbonyl (C=O) groups excluding carboxylic acids is 3. The number of carbonyl (C=O) groups is 3. The third-order valence-corrected chi connectivity index (χ3v) is 7.13. The van der Waals surface area contributed by atoms with Crippen molar-refractivity contribution < 1.29 is 24.2 Å². The first-order valence-corrected chi connectivity index (χ1v) is 10.7. The van der Waals surface area contributed by atoms with E-state index in [1.807, 2.05) is 6.07 Å². The zero-order valence-electron chi connectivity index (χ0n) is 15.9. The van der Waals surface area contributed by atoms with Crippen LogP contribution in [-0.2, 0) is 24.7 Å². The molecule has 0 aliphatic carbocycles. The summed E-state index contributed by atoms with van der Waals surface area (Å²) in [5.74, 6) is -2.81. The summed E-state index contributed by atoms with van der Waals surface area (Å²) in [6, 6.07) is 4.66. The molecule has 1 spiro atoms. The molecule has 4 aliphatic rings. The fraction of sp³-hybridized carbons (Fsp3) is 0.550. The van der Waals surface area contributed by atoms with Gasteiger partial charge >= 0.3 is 0 Å². The van der Waals surface area contributed by atoms with Crippen molar-refractivity contribution >= 4 is 39.3 Å². The van der Waals surface area contributed by atoms with Gasteiger partial charge in [-0.05, 0) is 38.0 Å². The molecule has 6 atom stereocenters. The number of hydrogen-bond donors (Lipinski definition) is 3. The van der Waals surface area contributed by atoms with Crippen molar-refractivity contribution in [2.24, 2.45) is 11.8 Å². The third kappa shape index (κ3) is 2.57. The molecule has 0 unspecified atom stereocenters. The lowest BCUT2D eigenvalue weighted by molar-refractivity contribution is -0.144. The summed E-state index contributed by atoms with van der Waals surface area (Å²) in [4.78, 5) is 41.2. The first-order valence-electron chi connectivity index (χ1n) is 9.88. The summed E-state index contributed by atoms with van der Waals surface area (Å²) in [5, 5.41) is 16.4. The van der Waals surface area contributed by atoms with Crippen LogP contribution in [0.1, 0.15) is 25.3 Å². The molecule has 5 rings (SSSR count). The number of aliphatic hydroxyl groups is 1. The molecule has 29 heavy (non-hydrogen) atoms. The normalized spacial score (nSPS) is 36.7. The molecule has 0 aromatic heterocycles. The van der Waals surface area contributed by atoms with Crippen molar-refractivity contribution in [3.05, 3.63) is 28.2 Å². The van der Waals surface area contributed by atoms with E-state index in [9.17, 15) is 19.5 Å². The van der Waals surface area contributed by atoms with Crippen LogP contribution in [0.4, 0.5) is 5.69 Å². The molecule has 4 heterocycles. The number of halogens is 1. The van der Waals surface area contributed by atoms with Crippen molar-refractivity contribution in [1.29, 1.82) is 0 Å². The van der Waals surface area contributed by atoms with E-state index in [-0.39, 0.29) is 30.4 Å². The van der Waals surface area contributed by atoms with Crippen LogP contribution in [0.25, 0.3) is 0 Å². The second kappa shape index (κ2) is 6.60. The number of nitrogens with one attached hydrogen (secondary N) is 2. The monoisotopic (exact) mass is 463 g/mol. The number of nitrogens with zero attached hydrogens (tertiary/aromatic N) is 1. The number of ether oxygens (including phenoxy) is 1. The minimum atomic E-state index is -1.39. The van der Waals surface area contributed by atoms with E-state index in [2.05, 4.69) is 26.6 Å². The van der Waals surface area contributed by atoms with Crippen molar-refractivity contribution in [2.75, 3.05) is 18.5 Å². The molecule has 3 saturated heterocycles. The van der Waals surface area contributed by atoms with Gasteiger partial charge in [-0.2, -0.15) is 0 Å². The standard InChI is InChI=1S/C20H22BrN3O5/c1-9(25)16-14-15(18(27)24(17(14)26)8-11-3-2-6-29-11)20(23-16)12-7-10(21)4-5-13(12)22-19(20)28/h4-5,7,9,11,14-16,23,25H,2-3,6,8H2,1H3,(H,22,28)/t9-,11-,14+,15+,16-,20+/m0/s1. The summed E-state index contributed by atoms with van der Waals surface area (Å²) < 4.78 is 6.38. The Hall–Kier alpha value is -1.81. The Morgan fingerprint density at radius 3 is 2.83 bits per heavy atom. The average molecular weight is 464 g/mol. The van der Waals surface area contributed by atoms with Gasteiger partial charge in [-0.15, -0.1) is 0 Å². The third-order valence-electron chi connectivity index (χ3n) is 6.63. The van der Waals surface area contributed by atoms with E-state index in [0.29, 0.717) is 17.9 Å². The van der Waals surface area contributed by atoms with Crippen LogP contribution in [0, 0.1) is 11.8 Å². The molecule has 3 N–H and O–H groups in total. The highest BCUT2D eigenvalue weighted by Gasteiger charge is 2.71. The van der Waals surface area contributed by atoms with Gasteiger partial charge in [0.1, 0.15) is 5.54 Å². The summed E-state index contributed by atoms with van der Waals surface area (Å²) in [5.41, 5.74) is -0.160. The van der Waals surface area contributed by atoms with Crippen LogP contribution in [0.2, 0.25) is 0 Å². The minimum Gasteiger partial charge on any atom is -0.392 e. The van der Waals surface area contributed by atoms with Gasteiger partial charge in [0, 0.05) is 28.4 Å². The number of amides is 3.